The Kier molecular flexibility index (Phi) is 3.52. The minimum absolute atomic E-state index is 0.316. The average molecular weight is 258 g/mol. The first-order chi connectivity index (χ1) is 9.02. The van der Waals surface area contributed by atoms with E-state index in [0.29, 0.717) is 17.8 Å². The molecule has 5 heteroatoms. The highest BCUT2D eigenvalue weighted by atomic mass is 19.1. The van der Waals surface area contributed by atoms with Gasteiger partial charge in [-0.2, -0.15) is 10.4 Å². The molecule has 0 saturated heterocycles. The highest BCUT2D eigenvalue weighted by Crippen LogP contribution is 2.18. The van der Waals surface area contributed by atoms with E-state index in [4.69, 9.17) is 5.26 Å². The molecule has 2 rings (SSSR count). The first kappa shape index (κ1) is 13.1. The number of benzene rings is 1. The van der Waals surface area contributed by atoms with Gasteiger partial charge < -0.3 is 5.32 Å². The molecule has 0 bridgehead atoms. The van der Waals surface area contributed by atoms with E-state index in [9.17, 15) is 4.39 Å². The number of rotatable bonds is 3. The van der Waals surface area contributed by atoms with Crippen molar-refractivity contribution in [3.63, 3.8) is 0 Å². The maximum absolute atomic E-state index is 13.7. The van der Waals surface area contributed by atoms with Crippen molar-refractivity contribution in [1.29, 1.82) is 5.26 Å². The van der Waals surface area contributed by atoms with E-state index in [1.165, 1.54) is 6.07 Å². The third-order valence-corrected chi connectivity index (χ3v) is 3.21. The molecule has 19 heavy (non-hydrogen) atoms. The van der Waals surface area contributed by atoms with E-state index in [1.54, 1.807) is 12.1 Å². The van der Waals surface area contributed by atoms with Crippen molar-refractivity contribution in [2.24, 2.45) is 7.05 Å². The molecular formula is C14H15FN4. The van der Waals surface area contributed by atoms with Crippen LogP contribution in [-0.2, 0) is 13.6 Å². The van der Waals surface area contributed by atoms with Gasteiger partial charge in [0.2, 0.25) is 0 Å². The average Bonchev–Trinajstić information content (AvgIpc) is 2.62. The summed E-state index contributed by atoms with van der Waals surface area (Å²) >= 11 is 0. The molecule has 0 amide bonds. The lowest BCUT2D eigenvalue weighted by Gasteiger charge is -2.08. The molecule has 0 aliphatic heterocycles. The summed E-state index contributed by atoms with van der Waals surface area (Å²) in [6, 6.07) is 6.31. The second kappa shape index (κ2) is 5.11. The fraction of sp³-hybridized carbons (Fsp3) is 0.286. The molecular weight excluding hydrogens is 243 g/mol. The standard InChI is InChI=1S/C14H15FN4/c1-9-12(10(2)19(3)18-9)8-17-14-5-4-11(7-16)6-13(14)15/h4-6,17H,8H2,1-3H3. The maximum Gasteiger partial charge on any atom is 0.147 e. The molecule has 4 nitrogen and oxygen atoms in total. The van der Waals surface area contributed by atoms with Gasteiger partial charge in [-0.15, -0.1) is 0 Å². The lowest BCUT2D eigenvalue weighted by molar-refractivity contribution is 0.629. The summed E-state index contributed by atoms with van der Waals surface area (Å²) in [5.74, 6) is -0.418. The monoisotopic (exact) mass is 258 g/mol. The molecule has 98 valence electrons. The van der Waals surface area contributed by atoms with Gasteiger partial charge in [-0.05, 0) is 32.0 Å². The number of hydrogen-bond donors (Lipinski definition) is 1. The third-order valence-electron chi connectivity index (χ3n) is 3.21. The zero-order chi connectivity index (χ0) is 14.0. The Morgan fingerprint density at radius 3 is 2.68 bits per heavy atom. The Morgan fingerprint density at radius 2 is 2.16 bits per heavy atom. The van der Waals surface area contributed by atoms with Crippen LogP contribution in [0.4, 0.5) is 10.1 Å². The number of aryl methyl sites for hydroxylation is 2. The van der Waals surface area contributed by atoms with Crippen molar-refractivity contribution in [1.82, 2.24) is 9.78 Å². The van der Waals surface area contributed by atoms with Crippen LogP contribution in [0.1, 0.15) is 22.5 Å². The van der Waals surface area contributed by atoms with Crippen molar-refractivity contribution in [3.8, 4) is 6.07 Å². The SMILES string of the molecule is Cc1nn(C)c(C)c1CNc1ccc(C#N)cc1F. The number of anilines is 1. The fourth-order valence-corrected chi connectivity index (χ4v) is 1.98. The zero-order valence-corrected chi connectivity index (χ0v) is 11.2. The lowest BCUT2D eigenvalue weighted by atomic mass is 10.1. The van der Waals surface area contributed by atoms with Crippen LogP contribution in [0, 0.1) is 31.0 Å². The number of aromatic nitrogens is 2. The smallest absolute Gasteiger partial charge is 0.147 e. The summed E-state index contributed by atoms with van der Waals surface area (Å²) in [7, 11) is 1.88. The lowest BCUT2D eigenvalue weighted by Crippen LogP contribution is -2.04. The zero-order valence-electron chi connectivity index (χ0n) is 11.2. The van der Waals surface area contributed by atoms with Gasteiger partial charge in [0.15, 0.2) is 0 Å². The first-order valence-electron chi connectivity index (χ1n) is 5.95. The van der Waals surface area contributed by atoms with E-state index < -0.39 is 5.82 Å². The molecule has 2 aromatic rings. The van der Waals surface area contributed by atoms with E-state index in [1.807, 2.05) is 31.6 Å². The first-order valence-corrected chi connectivity index (χ1v) is 5.95. The van der Waals surface area contributed by atoms with Crippen LogP contribution >= 0.6 is 0 Å². The normalized spacial score (nSPS) is 10.3. The molecule has 0 atom stereocenters. The number of halogens is 1. The third kappa shape index (κ3) is 2.58. The highest BCUT2D eigenvalue weighted by molar-refractivity contribution is 5.49. The Bertz CT molecular complexity index is 652. The molecule has 0 aliphatic carbocycles. The molecule has 1 N–H and O–H groups in total. The molecule has 0 saturated carbocycles. The van der Waals surface area contributed by atoms with Crippen molar-refractivity contribution in [2.45, 2.75) is 20.4 Å². The van der Waals surface area contributed by atoms with Gasteiger partial charge in [-0.3, -0.25) is 4.68 Å². The molecule has 1 aromatic heterocycles. The van der Waals surface area contributed by atoms with Gasteiger partial charge in [0, 0.05) is 24.8 Å². The van der Waals surface area contributed by atoms with Gasteiger partial charge in [-0.1, -0.05) is 0 Å². The second-order valence-electron chi connectivity index (χ2n) is 4.43. The Morgan fingerprint density at radius 1 is 1.42 bits per heavy atom. The summed E-state index contributed by atoms with van der Waals surface area (Å²) in [6.45, 7) is 4.42. The minimum Gasteiger partial charge on any atom is -0.378 e. The highest BCUT2D eigenvalue weighted by Gasteiger charge is 2.10. The van der Waals surface area contributed by atoms with Gasteiger partial charge in [0.1, 0.15) is 5.82 Å². The van der Waals surface area contributed by atoms with Crippen LogP contribution in [0.15, 0.2) is 18.2 Å². The van der Waals surface area contributed by atoms with E-state index in [0.717, 1.165) is 17.0 Å². The predicted molar refractivity (Wildman–Crippen MR) is 71.1 cm³/mol. The molecule has 0 radical (unpaired) electrons. The van der Waals surface area contributed by atoms with Crippen molar-refractivity contribution in [3.05, 3.63) is 46.5 Å². The summed E-state index contributed by atoms with van der Waals surface area (Å²) in [4.78, 5) is 0. The molecule has 0 aliphatic rings. The van der Waals surface area contributed by atoms with E-state index in [-0.39, 0.29) is 0 Å². The fourth-order valence-electron chi connectivity index (χ4n) is 1.98. The van der Waals surface area contributed by atoms with Gasteiger partial charge >= 0.3 is 0 Å². The molecule has 0 spiro atoms. The topological polar surface area (TPSA) is 53.6 Å². The van der Waals surface area contributed by atoms with Crippen LogP contribution in [0.5, 0.6) is 0 Å². The number of nitriles is 1. The van der Waals surface area contributed by atoms with E-state index in [2.05, 4.69) is 10.4 Å². The van der Waals surface area contributed by atoms with Crippen LogP contribution in [-0.4, -0.2) is 9.78 Å². The van der Waals surface area contributed by atoms with Crippen molar-refractivity contribution >= 4 is 5.69 Å². The number of nitrogens with one attached hydrogen (secondary N) is 1. The second-order valence-corrected chi connectivity index (χ2v) is 4.43. The predicted octanol–water partition coefficient (Wildman–Crippen LogP) is 2.66. The molecule has 1 aromatic carbocycles. The largest absolute Gasteiger partial charge is 0.378 e. The van der Waals surface area contributed by atoms with Crippen molar-refractivity contribution in [2.75, 3.05) is 5.32 Å². The maximum atomic E-state index is 13.7. The van der Waals surface area contributed by atoms with Gasteiger partial charge in [0.25, 0.3) is 0 Å². The Balaban J connectivity index is 2.17. The molecule has 0 unspecified atom stereocenters. The van der Waals surface area contributed by atoms with Crippen LogP contribution in [0.2, 0.25) is 0 Å². The molecule has 0 fully saturated rings. The van der Waals surface area contributed by atoms with Crippen LogP contribution in [0.3, 0.4) is 0 Å². The number of hydrogen-bond acceptors (Lipinski definition) is 3. The van der Waals surface area contributed by atoms with Crippen LogP contribution < -0.4 is 5.32 Å². The summed E-state index contributed by atoms with van der Waals surface area (Å²) in [6.07, 6.45) is 0. The van der Waals surface area contributed by atoms with Crippen molar-refractivity contribution < 1.29 is 4.39 Å². The minimum atomic E-state index is -0.418. The quantitative estimate of drug-likeness (QED) is 0.920. The van der Waals surface area contributed by atoms with Crippen LogP contribution in [0.25, 0.3) is 0 Å². The Hall–Kier alpha value is -2.35. The summed E-state index contributed by atoms with van der Waals surface area (Å²) in [5.41, 5.74) is 3.75. The molecule has 1 heterocycles. The van der Waals surface area contributed by atoms with Gasteiger partial charge in [-0.25, -0.2) is 4.39 Å². The summed E-state index contributed by atoms with van der Waals surface area (Å²) in [5, 5.41) is 16.0. The van der Waals surface area contributed by atoms with Gasteiger partial charge in [0.05, 0.1) is 23.0 Å². The number of nitrogens with zero attached hydrogens (tertiary/aromatic N) is 3. The summed E-state index contributed by atoms with van der Waals surface area (Å²) < 4.78 is 15.5. The van der Waals surface area contributed by atoms with E-state index >= 15 is 0 Å². The Labute approximate surface area is 111 Å².